The van der Waals surface area contributed by atoms with Gasteiger partial charge in [-0.05, 0) is 25.0 Å². The molecule has 2 amide bonds. The molecule has 1 aromatic rings. The fourth-order valence-electron chi connectivity index (χ4n) is 1.80. The monoisotopic (exact) mass is 250 g/mol. The molecule has 2 rings (SSSR count). The van der Waals surface area contributed by atoms with Crippen molar-refractivity contribution in [3.8, 4) is 0 Å². The van der Waals surface area contributed by atoms with Crippen molar-refractivity contribution in [1.29, 1.82) is 0 Å². The molecule has 0 unspecified atom stereocenters. The van der Waals surface area contributed by atoms with Crippen LogP contribution in [0.25, 0.3) is 0 Å². The number of nitrogens with one attached hydrogen (secondary N) is 2. The molecule has 4 N–H and O–H groups in total. The van der Waals surface area contributed by atoms with E-state index in [-0.39, 0.29) is 23.8 Å². The Hall–Kier alpha value is -2.15. The maximum atomic E-state index is 11.5. The number of amides is 2. The summed E-state index contributed by atoms with van der Waals surface area (Å²) in [5, 5.41) is 15.8. The minimum Gasteiger partial charge on any atom is -0.335 e. The van der Waals surface area contributed by atoms with E-state index in [1.165, 1.54) is 24.3 Å². The third-order valence-corrected chi connectivity index (χ3v) is 2.85. The van der Waals surface area contributed by atoms with E-state index in [0.717, 1.165) is 12.8 Å². The summed E-state index contributed by atoms with van der Waals surface area (Å²) in [6, 6.07) is 5.64. The Bertz CT molecular complexity index is 454. The minimum atomic E-state index is -0.487. The third-order valence-electron chi connectivity index (χ3n) is 2.85. The molecule has 0 radical (unpaired) electrons. The highest BCUT2D eigenvalue weighted by Gasteiger charge is 2.27. The van der Waals surface area contributed by atoms with E-state index in [2.05, 4.69) is 10.6 Å². The maximum absolute atomic E-state index is 11.5. The second kappa shape index (κ2) is 5.01. The van der Waals surface area contributed by atoms with Crippen LogP contribution in [-0.4, -0.2) is 23.0 Å². The first-order valence-corrected chi connectivity index (χ1v) is 5.62. The molecule has 0 atom stereocenters. The average Bonchev–Trinajstić information content (AvgIpc) is 2.27. The van der Waals surface area contributed by atoms with Gasteiger partial charge in [-0.3, -0.25) is 10.1 Å². The molecule has 7 nitrogen and oxygen atoms in total. The van der Waals surface area contributed by atoms with Gasteiger partial charge in [0.1, 0.15) is 0 Å². The third kappa shape index (κ3) is 2.95. The lowest BCUT2D eigenvalue weighted by molar-refractivity contribution is -0.384. The molecule has 0 heterocycles. The summed E-state index contributed by atoms with van der Waals surface area (Å²) in [5.41, 5.74) is 6.11. The van der Waals surface area contributed by atoms with Crippen LogP contribution < -0.4 is 16.4 Å². The number of nitro benzene ring substituents is 1. The molecule has 1 saturated carbocycles. The summed E-state index contributed by atoms with van der Waals surface area (Å²) in [6.07, 6.45) is 1.57. The van der Waals surface area contributed by atoms with Crippen molar-refractivity contribution in [2.24, 2.45) is 5.73 Å². The van der Waals surface area contributed by atoms with Gasteiger partial charge in [0.25, 0.3) is 5.69 Å². The second-order valence-corrected chi connectivity index (χ2v) is 4.33. The Morgan fingerprint density at radius 2 is 1.94 bits per heavy atom. The number of urea groups is 1. The quantitative estimate of drug-likeness (QED) is 0.553. The molecule has 96 valence electrons. The first-order chi connectivity index (χ1) is 8.54. The highest BCUT2D eigenvalue weighted by atomic mass is 16.6. The van der Waals surface area contributed by atoms with Crippen molar-refractivity contribution in [2.75, 3.05) is 5.32 Å². The highest BCUT2D eigenvalue weighted by Crippen LogP contribution is 2.18. The zero-order valence-corrected chi connectivity index (χ0v) is 9.63. The summed E-state index contributed by atoms with van der Waals surface area (Å²) in [6.45, 7) is 0. The van der Waals surface area contributed by atoms with E-state index in [9.17, 15) is 14.9 Å². The van der Waals surface area contributed by atoms with Gasteiger partial charge in [-0.15, -0.1) is 0 Å². The highest BCUT2D eigenvalue weighted by molar-refractivity contribution is 5.89. The maximum Gasteiger partial charge on any atom is 0.319 e. The molecule has 1 fully saturated rings. The summed E-state index contributed by atoms with van der Waals surface area (Å²) in [7, 11) is 0. The molecule has 0 bridgehead atoms. The molecule has 1 aliphatic rings. The molecule has 1 aliphatic carbocycles. The molecular weight excluding hydrogens is 236 g/mol. The smallest absolute Gasteiger partial charge is 0.319 e. The van der Waals surface area contributed by atoms with Gasteiger partial charge in [-0.2, -0.15) is 0 Å². The number of benzene rings is 1. The molecule has 0 spiro atoms. The Morgan fingerprint density at radius 1 is 1.33 bits per heavy atom. The van der Waals surface area contributed by atoms with Gasteiger partial charge >= 0.3 is 6.03 Å². The number of nitrogens with zero attached hydrogens (tertiary/aromatic N) is 1. The number of hydrogen-bond acceptors (Lipinski definition) is 4. The second-order valence-electron chi connectivity index (χ2n) is 4.33. The minimum absolute atomic E-state index is 0.00840. The molecule has 18 heavy (non-hydrogen) atoms. The van der Waals surface area contributed by atoms with Crippen LogP contribution in [0.15, 0.2) is 24.3 Å². The van der Waals surface area contributed by atoms with Gasteiger partial charge in [0.15, 0.2) is 0 Å². The number of carbonyl (C=O) groups excluding carboxylic acids is 1. The lowest BCUT2D eigenvalue weighted by Crippen LogP contribution is -2.51. The van der Waals surface area contributed by atoms with Crippen molar-refractivity contribution in [3.05, 3.63) is 34.4 Å². The predicted octanol–water partition coefficient (Wildman–Crippen LogP) is 1.21. The van der Waals surface area contributed by atoms with Crippen molar-refractivity contribution < 1.29 is 9.72 Å². The first-order valence-electron chi connectivity index (χ1n) is 5.62. The molecule has 7 heteroatoms. The zero-order valence-electron chi connectivity index (χ0n) is 9.63. The van der Waals surface area contributed by atoms with Crippen molar-refractivity contribution in [3.63, 3.8) is 0 Å². The van der Waals surface area contributed by atoms with E-state index in [1.807, 2.05) is 0 Å². The standard InChI is InChI=1S/C11H14N4O3/c12-7-5-9(6-7)14-11(16)13-8-1-3-10(4-2-8)15(17)18/h1-4,7,9H,5-6,12H2,(H2,13,14,16). The Kier molecular flexibility index (Phi) is 3.42. The molecule has 0 aliphatic heterocycles. The van der Waals surface area contributed by atoms with E-state index in [4.69, 9.17) is 5.73 Å². The molecule has 0 saturated heterocycles. The number of nitrogens with two attached hydrogens (primary N) is 1. The van der Waals surface area contributed by atoms with Crippen LogP contribution in [0.1, 0.15) is 12.8 Å². The van der Waals surface area contributed by atoms with Crippen LogP contribution in [0.4, 0.5) is 16.2 Å². The Morgan fingerprint density at radius 3 is 2.44 bits per heavy atom. The molecular formula is C11H14N4O3. The van der Waals surface area contributed by atoms with Gasteiger partial charge in [0, 0.05) is 29.9 Å². The number of non-ortho nitro benzene ring substituents is 1. The Balaban J connectivity index is 1.85. The molecule has 1 aromatic carbocycles. The Labute approximate surface area is 104 Å². The van der Waals surface area contributed by atoms with Gasteiger partial charge in [-0.1, -0.05) is 0 Å². The van der Waals surface area contributed by atoms with Crippen LogP contribution >= 0.6 is 0 Å². The van der Waals surface area contributed by atoms with E-state index < -0.39 is 4.92 Å². The number of rotatable bonds is 3. The zero-order chi connectivity index (χ0) is 13.1. The molecule has 0 aromatic heterocycles. The number of carbonyl (C=O) groups is 1. The van der Waals surface area contributed by atoms with Crippen LogP contribution in [0.5, 0.6) is 0 Å². The van der Waals surface area contributed by atoms with Crippen molar-refractivity contribution in [2.45, 2.75) is 24.9 Å². The van der Waals surface area contributed by atoms with E-state index >= 15 is 0 Å². The SMILES string of the molecule is NC1CC(NC(=O)Nc2ccc([N+](=O)[O-])cc2)C1. The van der Waals surface area contributed by atoms with Crippen LogP contribution in [0.3, 0.4) is 0 Å². The van der Waals surface area contributed by atoms with Gasteiger partial charge in [0.2, 0.25) is 0 Å². The fourth-order valence-corrected chi connectivity index (χ4v) is 1.80. The summed E-state index contributed by atoms with van der Waals surface area (Å²) >= 11 is 0. The average molecular weight is 250 g/mol. The number of hydrogen-bond donors (Lipinski definition) is 3. The van der Waals surface area contributed by atoms with Crippen LogP contribution in [0.2, 0.25) is 0 Å². The fraction of sp³-hybridized carbons (Fsp3) is 0.364. The van der Waals surface area contributed by atoms with Crippen molar-refractivity contribution in [1.82, 2.24) is 5.32 Å². The predicted molar refractivity (Wildman–Crippen MR) is 66.2 cm³/mol. The van der Waals surface area contributed by atoms with E-state index in [1.54, 1.807) is 0 Å². The van der Waals surface area contributed by atoms with E-state index in [0.29, 0.717) is 5.69 Å². The topological polar surface area (TPSA) is 110 Å². The first kappa shape index (κ1) is 12.3. The lowest BCUT2D eigenvalue weighted by atomic mass is 9.88. The van der Waals surface area contributed by atoms with Crippen LogP contribution in [-0.2, 0) is 0 Å². The van der Waals surface area contributed by atoms with Gasteiger partial charge in [-0.25, -0.2) is 4.79 Å². The van der Waals surface area contributed by atoms with Crippen LogP contribution in [0, 0.1) is 10.1 Å². The summed E-state index contributed by atoms with van der Waals surface area (Å²) in [5.74, 6) is 0. The van der Waals surface area contributed by atoms with Gasteiger partial charge in [0.05, 0.1) is 4.92 Å². The van der Waals surface area contributed by atoms with Crippen molar-refractivity contribution >= 4 is 17.4 Å². The largest absolute Gasteiger partial charge is 0.335 e. The summed E-state index contributed by atoms with van der Waals surface area (Å²) in [4.78, 5) is 21.5. The number of anilines is 1. The summed E-state index contributed by atoms with van der Waals surface area (Å²) < 4.78 is 0. The van der Waals surface area contributed by atoms with Gasteiger partial charge < -0.3 is 16.4 Å². The normalized spacial score (nSPS) is 21.8. The number of nitro groups is 1. The lowest BCUT2D eigenvalue weighted by Gasteiger charge is -2.32.